The van der Waals surface area contributed by atoms with Crippen molar-refractivity contribution < 1.29 is 24.9 Å². The van der Waals surface area contributed by atoms with Gasteiger partial charge in [-0.2, -0.15) is 0 Å². The Kier molecular flexibility index (Phi) is 6.05. The van der Waals surface area contributed by atoms with Crippen molar-refractivity contribution in [2.45, 2.75) is 49.8 Å². The first-order valence-corrected chi connectivity index (χ1v) is 8.96. The van der Waals surface area contributed by atoms with E-state index in [-0.39, 0.29) is 24.7 Å². The van der Waals surface area contributed by atoms with Gasteiger partial charge >= 0.3 is 5.97 Å². The minimum Gasteiger partial charge on any atom is -0.480 e. The van der Waals surface area contributed by atoms with Crippen LogP contribution in [-0.4, -0.2) is 71.7 Å². The lowest BCUT2D eigenvalue weighted by Gasteiger charge is -2.22. The second-order valence-electron chi connectivity index (χ2n) is 6.99. The van der Waals surface area contributed by atoms with Crippen LogP contribution < -0.4 is 17.2 Å². The minimum absolute atomic E-state index is 0.117. The number of aliphatic hydroxyl groups is 2. The predicted molar refractivity (Wildman–Crippen MR) is 97.7 cm³/mol. The Bertz CT molecular complexity index is 831. The van der Waals surface area contributed by atoms with Crippen LogP contribution in [0.3, 0.4) is 0 Å². The average Bonchev–Trinajstić information content (AvgIpc) is 3.21. The molecule has 0 unspecified atom stereocenters. The standard InChI is InChI=1S/C16H25N7O5/c17-4-7(1-2-8(18)16(26)27)3-9-11(24)12(25)15(28-9)23-6-22-10-13(19)20-5-21-14(10)23/h5-9,11-12,15,24-25H,1-4,17-18H2,(H,26,27)(H2,19,20,21)/t7-,8-,9+,11+,12+,15+/m0/s1. The third-order valence-corrected chi connectivity index (χ3v) is 5.10. The fourth-order valence-electron chi connectivity index (χ4n) is 3.41. The van der Waals surface area contributed by atoms with Crippen LogP contribution in [0.15, 0.2) is 12.7 Å². The van der Waals surface area contributed by atoms with Gasteiger partial charge in [-0.15, -0.1) is 0 Å². The van der Waals surface area contributed by atoms with Crippen LogP contribution >= 0.6 is 0 Å². The van der Waals surface area contributed by atoms with Crippen LogP contribution in [0.4, 0.5) is 5.82 Å². The summed E-state index contributed by atoms with van der Waals surface area (Å²) in [6.07, 6.45) is -0.177. The lowest BCUT2D eigenvalue weighted by molar-refractivity contribution is -0.138. The molecule has 1 aliphatic heterocycles. The number of rotatable bonds is 8. The van der Waals surface area contributed by atoms with Gasteiger partial charge in [0.25, 0.3) is 0 Å². The summed E-state index contributed by atoms with van der Waals surface area (Å²) in [5, 5.41) is 29.8. The van der Waals surface area contributed by atoms with Gasteiger partial charge in [-0.25, -0.2) is 15.0 Å². The molecule has 0 spiro atoms. The molecule has 12 heteroatoms. The molecule has 1 aliphatic rings. The van der Waals surface area contributed by atoms with Crippen LogP contribution in [-0.2, 0) is 9.53 Å². The Morgan fingerprint density at radius 3 is 2.68 bits per heavy atom. The van der Waals surface area contributed by atoms with E-state index >= 15 is 0 Å². The summed E-state index contributed by atoms with van der Waals surface area (Å²) < 4.78 is 7.38. The Hall–Kier alpha value is -2.38. The second-order valence-corrected chi connectivity index (χ2v) is 6.99. The minimum atomic E-state index is -1.21. The number of nitrogens with two attached hydrogens (primary N) is 3. The Morgan fingerprint density at radius 1 is 1.25 bits per heavy atom. The van der Waals surface area contributed by atoms with Crippen molar-refractivity contribution in [2.24, 2.45) is 17.4 Å². The number of carboxylic acids is 1. The number of aliphatic carboxylic acids is 1. The molecule has 28 heavy (non-hydrogen) atoms. The number of imidazole rings is 1. The number of anilines is 1. The molecule has 1 saturated heterocycles. The highest BCUT2D eigenvalue weighted by molar-refractivity contribution is 5.81. The highest BCUT2D eigenvalue weighted by atomic mass is 16.6. The molecular weight excluding hydrogens is 370 g/mol. The van der Waals surface area contributed by atoms with E-state index < -0.39 is 36.6 Å². The van der Waals surface area contributed by atoms with Gasteiger partial charge in [-0.3, -0.25) is 9.36 Å². The molecule has 3 heterocycles. The summed E-state index contributed by atoms with van der Waals surface area (Å²) in [5.41, 5.74) is 17.8. The number of nitrogen functional groups attached to an aromatic ring is 1. The zero-order valence-corrected chi connectivity index (χ0v) is 15.1. The molecule has 3 rings (SSSR count). The van der Waals surface area contributed by atoms with Gasteiger partial charge in [0.15, 0.2) is 17.7 Å². The van der Waals surface area contributed by atoms with Crippen molar-refractivity contribution >= 4 is 23.0 Å². The smallest absolute Gasteiger partial charge is 0.320 e. The van der Waals surface area contributed by atoms with E-state index in [4.69, 9.17) is 27.0 Å². The molecule has 1 fully saturated rings. The average molecular weight is 395 g/mol. The first-order chi connectivity index (χ1) is 13.3. The number of ether oxygens (including phenoxy) is 1. The van der Waals surface area contributed by atoms with Gasteiger partial charge in [0.05, 0.1) is 12.4 Å². The van der Waals surface area contributed by atoms with Gasteiger partial charge in [0.1, 0.15) is 30.1 Å². The molecule has 0 amide bonds. The van der Waals surface area contributed by atoms with Crippen LogP contribution in [0, 0.1) is 5.92 Å². The Balaban J connectivity index is 1.71. The van der Waals surface area contributed by atoms with E-state index in [1.54, 1.807) is 0 Å². The van der Waals surface area contributed by atoms with E-state index in [9.17, 15) is 15.0 Å². The number of aliphatic hydroxyl groups excluding tert-OH is 2. The van der Waals surface area contributed by atoms with E-state index in [1.807, 2.05) is 0 Å². The van der Waals surface area contributed by atoms with Gasteiger partial charge in [-0.05, 0) is 31.7 Å². The molecule has 0 bridgehead atoms. The zero-order chi connectivity index (χ0) is 20.4. The molecule has 0 aromatic carbocycles. The maximum absolute atomic E-state index is 10.9. The number of nitrogens with zero attached hydrogens (tertiary/aromatic N) is 4. The summed E-state index contributed by atoms with van der Waals surface area (Å²) in [7, 11) is 0. The molecule has 12 nitrogen and oxygen atoms in total. The Labute approximate surface area is 160 Å². The van der Waals surface area contributed by atoms with Crippen molar-refractivity contribution in [1.29, 1.82) is 0 Å². The maximum atomic E-state index is 10.9. The number of aromatic nitrogens is 4. The SMILES string of the molecule is NC[C@@H](CC[C@H](N)C(=O)O)C[C@H]1O[C@@H](n2cnc3c(N)ncnc32)[C@H](O)[C@@H]1O. The normalized spacial score (nSPS) is 27.1. The van der Waals surface area contributed by atoms with Crippen molar-refractivity contribution in [3.05, 3.63) is 12.7 Å². The first kappa shape index (κ1) is 20.4. The predicted octanol–water partition coefficient (Wildman–Crippen LogP) is -1.82. The third-order valence-electron chi connectivity index (χ3n) is 5.10. The number of hydrogen-bond acceptors (Lipinski definition) is 10. The highest BCUT2D eigenvalue weighted by Crippen LogP contribution is 2.35. The van der Waals surface area contributed by atoms with E-state index in [0.717, 1.165) is 0 Å². The molecule has 0 aliphatic carbocycles. The second kappa shape index (κ2) is 8.32. The number of fused-ring (bicyclic) bond motifs is 1. The van der Waals surface area contributed by atoms with Gasteiger partial charge in [-0.1, -0.05) is 0 Å². The largest absolute Gasteiger partial charge is 0.480 e. The summed E-state index contributed by atoms with van der Waals surface area (Å²) in [6, 6.07) is -0.968. The van der Waals surface area contributed by atoms with Gasteiger partial charge < -0.3 is 37.3 Å². The lowest BCUT2D eigenvalue weighted by atomic mass is 9.92. The van der Waals surface area contributed by atoms with Crippen LogP contribution in [0.25, 0.3) is 11.2 Å². The highest BCUT2D eigenvalue weighted by Gasteiger charge is 2.44. The molecule has 0 radical (unpaired) electrons. The van der Waals surface area contributed by atoms with Crippen molar-refractivity contribution in [2.75, 3.05) is 12.3 Å². The molecular formula is C16H25N7O5. The molecule has 2 aromatic rings. The van der Waals surface area contributed by atoms with Gasteiger partial charge in [0, 0.05) is 0 Å². The fourth-order valence-corrected chi connectivity index (χ4v) is 3.41. The molecule has 0 saturated carbocycles. The van der Waals surface area contributed by atoms with Gasteiger partial charge in [0.2, 0.25) is 0 Å². The van der Waals surface area contributed by atoms with Crippen LogP contribution in [0.5, 0.6) is 0 Å². The summed E-state index contributed by atoms with van der Waals surface area (Å²) in [4.78, 5) is 23.0. The summed E-state index contributed by atoms with van der Waals surface area (Å²) in [6.45, 7) is 0.275. The monoisotopic (exact) mass is 395 g/mol. The summed E-state index contributed by atoms with van der Waals surface area (Å²) in [5.74, 6) is -0.989. The molecule has 9 N–H and O–H groups in total. The summed E-state index contributed by atoms with van der Waals surface area (Å²) >= 11 is 0. The number of hydrogen-bond donors (Lipinski definition) is 6. The molecule has 154 valence electrons. The number of carbonyl (C=O) groups is 1. The van der Waals surface area contributed by atoms with Crippen molar-refractivity contribution in [3.8, 4) is 0 Å². The maximum Gasteiger partial charge on any atom is 0.320 e. The van der Waals surface area contributed by atoms with Crippen LogP contribution in [0.1, 0.15) is 25.5 Å². The van der Waals surface area contributed by atoms with Crippen molar-refractivity contribution in [1.82, 2.24) is 19.5 Å². The number of carboxylic acid groups (broad SMARTS) is 1. The van der Waals surface area contributed by atoms with Crippen LogP contribution in [0.2, 0.25) is 0 Å². The fraction of sp³-hybridized carbons (Fsp3) is 0.625. The topological polar surface area (TPSA) is 209 Å². The lowest BCUT2D eigenvalue weighted by Crippen LogP contribution is -2.35. The zero-order valence-electron chi connectivity index (χ0n) is 15.1. The van der Waals surface area contributed by atoms with E-state index in [1.165, 1.54) is 17.2 Å². The van der Waals surface area contributed by atoms with Crippen molar-refractivity contribution in [3.63, 3.8) is 0 Å². The third kappa shape index (κ3) is 3.91. The Morgan fingerprint density at radius 2 is 2.00 bits per heavy atom. The molecule has 2 aromatic heterocycles. The van der Waals surface area contributed by atoms with E-state index in [0.29, 0.717) is 24.0 Å². The molecule has 6 atom stereocenters. The quantitative estimate of drug-likeness (QED) is 0.293. The first-order valence-electron chi connectivity index (χ1n) is 8.96. The van der Waals surface area contributed by atoms with E-state index in [2.05, 4.69) is 15.0 Å².